The average Bonchev–Trinajstić information content (AvgIpc) is 3.21. The minimum atomic E-state index is -4.34. The van der Waals surface area contributed by atoms with Crippen LogP contribution in [0.4, 0.5) is 14.9 Å². The van der Waals surface area contributed by atoms with Crippen LogP contribution in [0.5, 0.6) is 0 Å². The molecule has 1 aromatic heterocycles. The highest BCUT2D eigenvalue weighted by atomic mass is 32.2. The second-order valence-corrected chi connectivity index (χ2v) is 13.5. The molecule has 0 saturated carbocycles. The zero-order valence-electron chi connectivity index (χ0n) is 22.6. The normalized spacial score (nSPS) is 12.4. The fourth-order valence-corrected chi connectivity index (χ4v) is 6.21. The number of nitrogens with zero attached hydrogens (tertiary/aromatic N) is 2. The number of halogens is 1. The molecule has 212 valence electrons. The van der Waals surface area contributed by atoms with E-state index in [0.717, 1.165) is 3.97 Å². The van der Waals surface area contributed by atoms with Crippen molar-refractivity contribution in [3.05, 3.63) is 72.2 Å². The van der Waals surface area contributed by atoms with Crippen LogP contribution >= 0.6 is 0 Å². The highest BCUT2D eigenvalue weighted by molar-refractivity contribution is 7.91. The molecule has 0 aliphatic heterocycles. The van der Waals surface area contributed by atoms with Crippen LogP contribution < -0.4 is 9.44 Å². The molecule has 0 saturated heterocycles. The maximum Gasteiger partial charge on any atom is 0.410 e. The lowest BCUT2D eigenvalue weighted by Gasteiger charge is -2.24. The Morgan fingerprint density at radius 3 is 2.33 bits per heavy atom. The average molecular weight is 581 g/mol. The van der Waals surface area contributed by atoms with Gasteiger partial charge in [0.15, 0.2) is 0 Å². The van der Waals surface area contributed by atoms with Crippen molar-refractivity contribution in [2.45, 2.75) is 57.7 Å². The highest BCUT2D eigenvalue weighted by Crippen LogP contribution is 2.30. The zero-order valence-corrected chi connectivity index (χ0v) is 24.2. The van der Waals surface area contributed by atoms with E-state index in [1.54, 1.807) is 40.7 Å². The fourth-order valence-electron chi connectivity index (χ4n) is 3.65. The molecule has 2 aromatic carbocycles. The summed E-state index contributed by atoms with van der Waals surface area (Å²) in [6, 6.07) is 12.1. The minimum Gasteiger partial charge on any atom is -0.444 e. The second kappa shape index (κ2) is 11.4. The minimum absolute atomic E-state index is 0.0143. The van der Waals surface area contributed by atoms with Gasteiger partial charge in [-0.25, -0.2) is 21.6 Å². The summed E-state index contributed by atoms with van der Waals surface area (Å²) in [6.45, 7) is 8.46. The number of benzene rings is 2. The Kier molecular flexibility index (Phi) is 8.78. The zero-order chi connectivity index (χ0) is 29.2. The van der Waals surface area contributed by atoms with Crippen molar-refractivity contribution in [3.63, 3.8) is 0 Å². The molecule has 0 radical (unpaired) electrons. The third-order valence-corrected chi connectivity index (χ3v) is 8.11. The third kappa shape index (κ3) is 7.80. The summed E-state index contributed by atoms with van der Waals surface area (Å²) >= 11 is 0. The number of rotatable bonds is 9. The van der Waals surface area contributed by atoms with Crippen LogP contribution in [0.15, 0.2) is 65.7 Å². The summed E-state index contributed by atoms with van der Waals surface area (Å²) in [5.74, 6) is -0.639. The topological polar surface area (TPSA) is 127 Å². The van der Waals surface area contributed by atoms with Gasteiger partial charge >= 0.3 is 6.09 Å². The Labute approximate surface area is 229 Å². The van der Waals surface area contributed by atoms with Crippen LogP contribution in [0, 0.1) is 5.82 Å². The Morgan fingerprint density at radius 1 is 1.05 bits per heavy atom. The number of carbonyl (C=O) groups excluding carboxylic acids is 1. The van der Waals surface area contributed by atoms with E-state index in [4.69, 9.17) is 4.74 Å². The Balaban J connectivity index is 2.06. The van der Waals surface area contributed by atoms with Crippen molar-refractivity contribution in [1.29, 1.82) is 0 Å². The van der Waals surface area contributed by atoms with Gasteiger partial charge in [-0.1, -0.05) is 18.2 Å². The molecule has 1 heterocycles. The van der Waals surface area contributed by atoms with E-state index >= 15 is 0 Å². The van der Waals surface area contributed by atoms with Crippen molar-refractivity contribution in [2.24, 2.45) is 0 Å². The van der Waals surface area contributed by atoms with E-state index in [1.165, 1.54) is 66.7 Å². The van der Waals surface area contributed by atoms with Crippen molar-refractivity contribution in [1.82, 2.24) is 13.6 Å². The first kappa shape index (κ1) is 30.1. The Hall–Kier alpha value is -3.42. The van der Waals surface area contributed by atoms with Crippen LogP contribution in [0.2, 0.25) is 0 Å². The lowest BCUT2D eigenvalue weighted by molar-refractivity contribution is 0.0285. The van der Waals surface area contributed by atoms with Gasteiger partial charge in [-0.15, -0.1) is 0 Å². The summed E-state index contributed by atoms with van der Waals surface area (Å²) < 4.78 is 78.0. The van der Waals surface area contributed by atoms with Gasteiger partial charge in [0.05, 0.1) is 22.8 Å². The summed E-state index contributed by atoms with van der Waals surface area (Å²) in [7, 11) is -6.78. The highest BCUT2D eigenvalue weighted by Gasteiger charge is 2.26. The Morgan fingerprint density at radius 2 is 1.72 bits per heavy atom. The van der Waals surface area contributed by atoms with Gasteiger partial charge < -0.3 is 9.64 Å². The number of anilines is 1. The van der Waals surface area contributed by atoms with Gasteiger partial charge in [-0.05, 0) is 76.6 Å². The molecule has 0 unspecified atom stereocenters. The maximum absolute atomic E-state index is 14.8. The quantitative estimate of drug-likeness (QED) is 0.382. The first-order chi connectivity index (χ1) is 18.0. The number of amides is 1. The molecule has 3 aromatic rings. The number of hydrogen-bond acceptors (Lipinski definition) is 6. The van der Waals surface area contributed by atoms with Crippen LogP contribution in [0.3, 0.4) is 0 Å². The number of hydrogen-bond donors (Lipinski definition) is 2. The molecule has 3 rings (SSSR count). The molecule has 13 heteroatoms. The number of nitrogens with one attached hydrogen (secondary N) is 2. The van der Waals surface area contributed by atoms with Crippen molar-refractivity contribution < 1.29 is 30.8 Å². The van der Waals surface area contributed by atoms with E-state index < -0.39 is 37.7 Å². The molecular formula is C26H33FN4O6S2. The van der Waals surface area contributed by atoms with Crippen molar-refractivity contribution >= 4 is 32.0 Å². The molecular weight excluding hydrogens is 547 g/mol. The van der Waals surface area contributed by atoms with E-state index in [0.29, 0.717) is 5.56 Å². The van der Waals surface area contributed by atoms with Crippen LogP contribution in [0.1, 0.15) is 40.2 Å². The predicted molar refractivity (Wildman–Crippen MR) is 147 cm³/mol. The molecule has 10 nitrogen and oxygen atoms in total. The van der Waals surface area contributed by atoms with Gasteiger partial charge in [0, 0.05) is 24.8 Å². The standard InChI is InChI=1S/C26H33FN4O6S2/c1-18(2)28-39(35,36)29-20-10-9-11-21(15-20)38(33,34)31-17-19(16-30(6)25(32)37-26(3,4)5)14-24(31)22-12-7-8-13-23(22)27/h7-15,17-18,28-29H,16H2,1-6H3. The molecule has 2 N–H and O–H groups in total. The van der Waals surface area contributed by atoms with E-state index in [9.17, 15) is 26.0 Å². The molecule has 0 fully saturated rings. The van der Waals surface area contributed by atoms with Gasteiger partial charge in [0.25, 0.3) is 20.2 Å². The summed E-state index contributed by atoms with van der Waals surface area (Å²) in [6.07, 6.45) is 0.690. The number of aromatic nitrogens is 1. The molecule has 0 aliphatic carbocycles. The Bertz CT molecular complexity index is 1560. The van der Waals surface area contributed by atoms with Crippen LogP contribution in [0.25, 0.3) is 11.3 Å². The van der Waals surface area contributed by atoms with E-state index in [2.05, 4.69) is 9.44 Å². The molecule has 1 amide bonds. The monoisotopic (exact) mass is 580 g/mol. The van der Waals surface area contributed by atoms with Crippen molar-refractivity contribution in [2.75, 3.05) is 11.8 Å². The SMILES string of the molecule is CC(C)NS(=O)(=O)Nc1cccc(S(=O)(=O)n2cc(CN(C)C(=O)OC(C)(C)C)cc2-c2ccccc2F)c1. The molecule has 0 bridgehead atoms. The predicted octanol–water partition coefficient (Wildman–Crippen LogP) is 4.55. The molecule has 39 heavy (non-hydrogen) atoms. The molecule has 0 aliphatic rings. The molecule has 0 atom stereocenters. The van der Waals surface area contributed by atoms with Crippen LogP contribution in [-0.4, -0.2) is 50.5 Å². The van der Waals surface area contributed by atoms with E-state index in [-0.39, 0.29) is 34.4 Å². The smallest absolute Gasteiger partial charge is 0.410 e. The number of ether oxygens (including phenoxy) is 1. The summed E-state index contributed by atoms with van der Waals surface area (Å²) in [5, 5.41) is 0. The summed E-state index contributed by atoms with van der Waals surface area (Å²) in [4.78, 5) is 13.5. The largest absolute Gasteiger partial charge is 0.444 e. The van der Waals surface area contributed by atoms with Crippen molar-refractivity contribution in [3.8, 4) is 11.3 Å². The van der Waals surface area contributed by atoms with E-state index in [1.807, 2.05) is 0 Å². The maximum atomic E-state index is 14.8. The lowest BCUT2D eigenvalue weighted by Crippen LogP contribution is -2.35. The second-order valence-electron chi connectivity index (χ2n) is 10.3. The van der Waals surface area contributed by atoms with Gasteiger partial charge in [-0.2, -0.15) is 13.1 Å². The lowest BCUT2D eigenvalue weighted by atomic mass is 10.1. The van der Waals surface area contributed by atoms with Gasteiger partial charge in [0.2, 0.25) is 0 Å². The summed E-state index contributed by atoms with van der Waals surface area (Å²) in [5.41, 5.74) is -0.230. The van der Waals surface area contributed by atoms with Gasteiger partial charge in [0.1, 0.15) is 11.4 Å². The van der Waals surface area contributed by atoms with Gasteiger partial charge in [-0.3, -0.25) is 4.72 Å². The third-order valence-electron chi connectivity index (χ3n) is 5.15. The van der Waals surface area contributed by atoms with Crippen LogP contribution in [-0.2, 0) is 31.5 Å². The first-order valence-corrected chi connectivity index (χ1v) is 15.0. The fraction of sp³-hybridized carbons (Fsp3) is 0.346. The molecule has 0 spiro atoms. The number of carbonyl (C=O) groups is 1. The first-order valence-electron chi connectivity index (χ1n) is 12.0.